The smallest absolute Gasteiger partial charge is 0.243 e. The molecule has 1 fully saturated rings. The molecule has 1 N–H and O–H groups in total. The maximum absolute atomic E-state index is 5.80. The summed E-state index contributed by atoms with van der Waals surface area (Å²) < 4.78 is 0. The normalized spacial score (nSPS) is 21.5. The number of hydrogen-bond donors (Lipinski definition) is 1. The van der Waals surface area contributed by atoms with Crippen LogP contribution < -0.4 is 5.32 Å². The molecule has 5 nitrogen and oxygen atoms in total. The topological polar surface area (TPSA) is 53.9 Å². The Balaban J connectivity index is 1.97. The fraction of sp³-hybridized carbons (Fsp3) is 0.727. The van der Waals surface area contributed by atoms with E-state index in [1.807, 2.05) is 6.92 Å². The van der Waals surface area contributed by atoms with Crippen molar-refractivity contribution in [1.29, 1.82) is 0 Å². The summed E-state index contributed by atoms with van der Waals surface area (Å²) in [6, 6.07) is 0.408. The molecular weight excluding hydrogens is 238 g/mol. The minimum absolute atomic E-state index is 0.370. The van der Waals surface area contributed by atoms with Gasteiger partial charge in [-0.3, -0.25) is 0 Å². The van der Waals surface area contributed by atoms with Crippen LogP contribution in [-0.2, 0) is 0 Å². The Labute approximate surface area is 107 Å². The lowest BCUT2D eigenvalue weighted by atomic mass is 10.1. The van der Waals surface area contributed by atoms with Gasteiger partial charge in [0.1, 0.15) is 0 Å². The van der Waals surface area contributed by atoms with E-state index in [0.29, 0.717) is 22.8 Å². The lowest BCUT2D eigenvalue weighted by Gasteiger charge is -2.32. The van der Waals surface area contributed by atoms with E-state index in [4.69, 9.17) is 11.6 Å². The van der Waals surface area contributed by atoms with Gasteiger partial charge in [0.2, 0.25) is 5.95 Å². The average Bonchev–Trinajstić information content (AvgIpc) is 2.34. The van der Waals surface area contributed by atoms with E-state index in [1.165, 1.54) is 13.0 Å². The van der Waals surface area contributed by atoms with Gasteiger partial charge in [0, 0.05) is 12.6 Å². The number of aromatic nitrogens is 3. The highest BCUT2D eigenvalue weighted by Gasteiger charge is 2.19. The maximum atomic E-state index is 5.80. The van der Waals surface area contributed by atoms with Crippen LogP contribution in [0, 0.1) is 6.92 Å². The van der Waals surface area contributed by atoms with Crippen molar-refractivity contribution in [3.05, 3.63) is 10.8 Å². The summed E-state index contributed by atoms with van der Waals surface area (Å²) in [7, 11) is 0. The van der Waals surface area contributed by atoms with Crippen LogP contribution in [0.3, 0.4) is 0 Å². The van der Waals surface area contributed by atoms with Crippen molar-refractivity contribution >= 4 is 17.5 Å². The molecule has 2 rings (SSSR count). The highest BCUT2D eigenvalue weighted by molar-refractivity contribution is 6.29. The number of rotatable bonds is 3. The Morgan fingerprint density at radius 2 is 2.29 bits per heavy atom. The number of hydrogen-bond acceptors (Lipinski definition) is 5. The first-order chi connectivity index (χ1) is 8.19. The number of piperidine rings is 1. The third-order valence-electron chi connectivity index (χ3n) is 3.09. The van der Waals surface area contributed by atoms with Crippen molar-refractivity contribution in [2.45, 2.75) is 32.7 Å². The van der Waals surface area contributed by atoms with Crippen molar-refractivity contribution in [3.8, 4) is 0 Å². The van der Waals surface area contributed by atoms with Gasteiger partial charge in [-0.1, -0.05) is 18.5 Å². The van der Waals surface area contributed by atoms with Gasteiger partial charge in [0.15, 0.2) is 5.15 Å². The second kappa shape index (κ2) is 5.60. The maximum Gasteiger partial charge on any atom is 0.243 e. The molecule has 0 radical (unpaired) electrons. The second-order valence-corrected chi connectivity index (χ2v) is 4.75. The van der Waals surface area contributed by atoms with E-state index in [2.05, 4.69) is 32.3 Å². The van der Waals surface area contributed by atoms with Crippen molar-refractivity contribution < 1.29 is 0 Å². The van der Waals surface area contributed by atoms with Gasteiger partial charge < -0.3 is 10.2 Å². The Kier molecular flexibility index (Phi) is 4.12. The van der Waals surface area contributed by atoms with Crippen molar-refractivity contribution in [3.63, 3.8) is 0 Å². The molecule has 0 aromatic carbocycles. The highest BCUT2D eigenvalue weighted by Crippen LogP contribution is 2.14. The molecule has 0 saturated carbocycles. The summed E-state index contributed by atoms with van der Waals surface area (Å²) in [5, 5.41) is 11.5. The highest BCUT2D eigenvalue weighted by atomic mass is 35.5. The molecule has 1 saturated heterocycles. The van der Waals surface area contributed by atoms with Gasteiger partial charge in [-0.25, -0.2) is 4.98 Å². The van der Waals surface area contributed by atoms with Gasteiger partial charge >= 0.3 is 0 Å². The molecule has 2 heterocycles. The lowest BCUT2D eigenvalue weighted by molar-refractivity contribution is 0.226. The minimum Gasteiger partial charge on any atom is -0.349 e. The summed E-state index contributed by atoms with van der Waals surface area (Å²) in [6.45, 7) is 7.35. The monoisotopic (exact) mass is 255 g/mol. The minimum atomic E-state index is 0.370. The molecule has 1 atom stereocenters. The zero-order valence-corrected chi connectivity index (χ0v) is 11.0. The Morgan fingerprint density at radius 1 is 1.47 bits per heavy atom. The van der Waals surface area contributed by atoms with Crippen molar-refractivity contribution in [1.82, 2.24) is 20.1 Å². The summed E-state index contributed by atoms with van der Waals surface area (Å²) in [5.74, 6) is 0.579. The molecule has 0 spiro atoms. The molecule has 1 aromatic rings. The fourth-order valence-corrected chi connectivity index (χ4v) is 2.18. The molecule has 1 unspecified atom stereocenters. The van der Waals surface area contributed by atoms with Gasteiger partial charge in [-0.05, 0) is 32.9 Å². The van der Waals surface area contributed by atoms with Crippen LogP contribution in [0.4, 0.5) is 5.95 Å². The quantitative estimate of drug-likeness (QED) is 0.892. The largest absolute Gasteiger partial charge is 0.349 e. The summed E-state index contributed by atoms with van der Waals surface area (Å²) in [6.07, 6.45) is 2.37. The number of nitrogens with one attached hydrogen (secondary N) is 1. The van der Waals surface area contributed by atoms with E-state index < -0.39 is 0 Å². The Morgan fingerprint density at radius 3 is 3.00 bits per heavy atom. The van der Waals surface area contributed by atoms with E-state index in [0.717, 1.165) is 19.5 Å². The van der Waals surface area contributed by atoms with E-state index >= 15 is 0 Å². The van der Waals surface area contributed by atoms with Gasteiger partial charge in [-0.2, -0.15) is 0 Å². The first kappa shape index (κ1) is 12.5. The second-order valence-electron chi connectivity index (χ2n) is 4.39. The molecule has 17 heavy (non-hydrogen) atoms. The zero-order chi connectivity index (χ0) is 12.3. The molecule has 6 heteroatoms. The van der Waals surface area contributed by atoms with Crippen LogP contribution in [-0.4, -0.2) is 45.8 Å². The molecule has 1 aliphatic heterocycles. The average molecular weight is 256 g/mol. The summed E-state index contributed by atoms with van der Waals surface area (Å²) in [5.41, 5.74) is 0.715. The van der Waals surface area contributed by atoms with Crippen molar-refractivity contribution in [2.75, 3.05) is 25.0 Å². The lowest BCUT2D eigenvalue weighted by Crippen LogP contribution is -2.42. The number of nitrogens with zero attached hydrogens (tertiary/aromatic N) is 4. The Bertz CT molecular complexity index is 384. The fourth-order valence-electron chi connectivity index (χ4n) is 2.10. The number of likely N-dealkylation sites (tertiary alicyclic amines) is 1. The number of anilines is 1. The molecule has 1 aliphatic rings. The number of halogens is 1. The van der Waals surface area contributed by atoms with Crippen LogP contribution in [0.5, 0.6) is 0 Å². The molecule has 0 amide bonds. The molecule has 0 bridgehead atoms. The van der Waals surface area contributed by atoms with Crippen molar-refractivity contribution in [2.24, 2.45) is 0 Å². The molecule has 0 aliphatic carbocycles. The van der Waals surface area contributed by atoms with Crippen LogP contribution in [0.1, 0.15) is 25.5 Å². The van der Waals surface area contributed by atoms with E-state index in [9.17, 15) is 0 Å². The SMILES string of the molecule is CCN1CCCC(Nc2nnc(Cl)c(C)n2)C1. The first-order valence-corrected chi connectivity index (χ1v) is 6.42. The number of aryl methyl sites for hydroxylation is 1. The summed E-state index contributed by atoms with van der Waals surface area (Å²) in [4.78, 5) is 6.71. The molecular formula is C11H18ClN5. The number of likely N-dealkylation sites (N-methyl/N-ethyl adjacent to an activating group) is 1. The predicted octanol–water partition coefficient (Wildman–Crippen LogP) is 1.73. The predicted molar refractivity (Wildman–Crippen MR) is 68.3 cm³/mol. The van der Waals surface area contributed by atoms with Crippen LogP contribution in [0.15, 0.2) is 0 Å². The third kappa shape index (κ3) is 3.26. The van der Waals surface area contributed by atoms with E-state index in [1.54, 1.807) is 0 Å². The summed E-state index contributed by atoms with van der Waals surface area (Å²) >= 11 is 5.80. The zero-order valence-electron chi connectivity index (χ0n) is 10.3. The van der Waals surface area contributed by atoms with Gasteiger partial charge in [-0.15, -0.1) is 10.2 Å². The molecule has 94 valence electrons. The van der Waals surface area contributed by atoms with E-state index in [-0.39, 0.29) is 0 Å². The first-order valence-electron chi connectivity index (χ1n) is 6.04. The van der Waals surface area contributed by atoms with Gasteiger partial charge in [0.05, 0.1) is 5.69 Å². The Hall–Kier alpha value is -0.940. The van der Waals surface area contributed by atoms with Crippen LogP contribution in [0.25, 0.3) is 0 Å². The van der Waals surface area contributed by atoms with Gasteiger partial charge in [0.25, 0.3) is 0 Å². The van der Waals surface area contributed by atoms with Crippen LogP contribution in [0.2, 0.25) is 5.15 Å². The van der Waals surface area contributed by atoms with Crippen LogP contribution >= 0.6 is 11.6 Å². The third-order valence-corrected chi connectivity index (χ3v) is 3.44. The standard InChI is InChI=1S/C11H18ClN5/c1-3-17-6-4-5-9(7-17)14-11-13-8(2)10(12)15-16-11/h9H,3-7H2,1-2H3,(H,13,14,16). The molecule has 1 aromatic heterocycles.